The standard InChI is InChI=1S/C13H19NO4/c1-10(8-16-2)14-13(15)9-18-12-7-5-4-6-11(12)17-3/h4-7,10H,8-9H2,1-3H3,(H,14,15)/t10-/m0/s1. The molecule has 100 valence electrons. The third-order valence-corrected chi connectivity index (χ3v) is 2.25. The van der Waals surface area contributed by atoms with Crippen LogP contribution in [-0.2, 0) is 9.53 Å². The van der Waals surface area contributed by atoms with Crippen molar-refractivity contribution in [2.75, 3.05) is 27.4 Å². The van der Waals surface area contributed by atoms with Gasteiger partial charge in [0.15, 0.2) is 18.1 Å². The predicted molar refractivity (Wildman–Crippen MR) is 68.0 cm³/mol. The summed E-state index contributed by atoms with van der Waals surface area (Å²) in [6.07, 6.45) is 0. The van der Waals surface area contributed by atoms with Crippen LogP contribution in [0.1, 0.15) is 6.92 Å². The molecular weight excluding hydrogens is 234 g/mol. The molecule has 5 heteroatoms. The van der Waals surface area contributed by atoms with Crippen LogP contribution in [0.4, 0.5) is 0 Å². The summed E-state index contributed by atoms with van der Waals surface area (Å²) in [4.78, 5) is 11.6. The number of nitrogens with one attached hydrogen (secondary N) is 1. The molecule has 5 nitrogen and oxygen atoms in total. The molecule has 0 aromatic heterocycles. The minimum absolute atomic E-state index is 0.0382. The van der Waals surface area contributed by atoms with Crippen molar-refractivity contribution >= 4 is 5.91 Å². The first-order valence-corrected chi connectivity index (χ1v) is 5.71. The SMILES string of the molecule is COC[C@H](C)NC(=O)COc1ccccc1OC. The largest absolute Gasteiger partial charge is 0.493 e. The minimum atomic E-state index is -0.189. The Morgan fingerprint density at radius 3 is 2.56 bits per heavy atom. The summed E-state index contributed by atoms with van der Waals surface area (Å²) in [6, 6.07) is 7.16. The Bertz CT molecular complexity index is 381. The normalized spacial score (nSPS) is 11.7. The third-order valence-electron chi connectivity index (χ3n) is 2.25. The van der Waals surface area contributed by atoms with Gasteiger partial charge < -0.3 is 19.5 Å². The molecule has 1 N–H and O–H groups in total. The van der Waals surface area contributed by atoms with Crippen LogP contribution in [0.25, 0.3) is 0 Å². The molecule has 1 rings (SSSR count). The number of ether oxygens (including phenoxy) is 3. The maximum Gasteiger partial charge on any atom is 0.258 e. The zero-order chi connectivity index (χ0) is 13.4. The molecule has 0 spiro atoms. The van der Waals surface area contributed by atoms with Gasteiger partial charge in [0.2, 0.25) is 0 Å². The fourth-order valence-electron chi connectivity index (χ4n) is 1.49. The maximum absolute atomic E-state index is 11.6. The van der Waals surface area contributed by atoms with E-state index in [4.69, 9.17) is 14.2 Å². The highest BCUT2D eigenvalue weighted by atomic mass is 16.5. The molecule has 0 unspecified atom stereocenters. The molecule has 1 aromatic carbocycles. The lowest BCUT2D eigenvalue weighted by Crippen LogP contribution is -2.38. The number of carbonyl (C=O) groups is 1. The molecule has 0 bridgehead atoms. The molecular formula is C13H19NO4. The summed E-state index contributed by atoms with van der Waals surface area (Å²) in [5, 5.41) is 2.76. The molecule has 1 amide bonds. The van der Waals surface area contributed by atoms with Gasteiger partial charge in [-0.1, -0.05) is 12.1 Å². The molecule has 0 saturated carbocycles. The summed E-state index contributed by atoms with van der Waals surface area (Å²) < 4.78 is 15.4. The van der Waals surface area contributed by atoms with Crippen molar-refractivity contribution in [1.82, 2.24) is 5.32 Å². The van der Waals surface area contributed by atoms with Crippen molar-refractivity contribution in [1.29, 1.82) is 0 Å². The van der Waals surface area contributed by atoms with E-state index in [0.717, 1.165) is 0 Å². The molecule has 0 aliphatic rings. The lowest BCUT2D eigenvalue weighted by molar-refractivity contribution is -0.124. The molecule has 0 heterocycles. The van der Waals surface area contributed by atoms with E-state index in [1.807, 2.05) is 19.1 Å². The summed E-state index contributed by atoms with van der Waals surface area (Å²) >= 11 is 0. The highest BCUT2D eigenvalue weighted by Crippen LogP contribution is 2.25. The Balaban J connectivity index is 2.42. The predicted octanol–water partition coefficient (Wildman–Crippen LogP) is 1.23. The Labute approximate surface area is 107 Å². The molecule has 0 aliphatic carbocycles. The van der Waals surface area contributed by atoms with Crippen LogP contribution in [0.2, 0.25) is 0 Å². The van der Waals surface area contributed by atoms with Crippen LogP contribution >= 0.6 is 0 Å². The number of rotatable bonds is 7. The topological polar surface area (TPSA) is 56.8 Å². The van der Waals surface area contributed by atoms with Crippen molar-refractivity contribution < 1.29 is 19.0 Å². The van der Waals surface area contributed by atoms with Crippen LogP contribution in [0, 0.1) is 0 Å². The molecule has 0 radical (unpaired) electrons. The number of methoxy groups -OCH3 is 2. The summed E-state index contributed by atoms with van der Waals surface area (Å²) in [5.74, 6) is 0.968. The minimum Gasteiger partial charge on any atom is -0.493 e. The van der Waals surface area contributed by atoms with Crippen LogP contribution in [0.3, 0.4) is 0 Å². The van der Waals surface area contributed by atoms with Crippen molar-refractivity contribution in [2.24, 2.45) is 0 Å². The zero-order valence-electron chi connectivity index (χ0n) is 10.9. The summed E-state index contributed by atoms with van der Waals surface area (Å²) in [6.45, 7) is 2.29. The zero-order valence-corrected chi connectivity index (χ0v) is 10.9. The van der Waals surface area contributed by atoms with E-state index >= 15 is 0 Å². The first-order valence-electron chi connectivity index (χ1n) is 5.71. The van der Waals surface area contributed by atoms with Gasteiger partial charge in [0.1, 0.15) is 0 Å². The maximum atomic E-state index is 11.6. The van der Waals surface area contributed by atoms with Crippen molar-refractivity contribution in [3.05, 3.63) is 24.3 Å². The van der Waals surface area contributed by atoms with Gasteiger partial charge >= 0.3 is 0 Å². The van der Waals surface area contributed by atoms with E-state index in [-0.39, 0.29) is 18.6 Å². The Morgan fingerprint density at radius 2 is 1.94 bits per heavy atom. The van der Waals surface area contributed by atoms with E-state index in [1.54, 1.807) is 26.4 Å². The van der Waals surface area contributed by atoms with Gasteiger partial charge in [0.25, 0.3) is 5.91 Å². The Kier molecular flexibility index (Phi) is 6.00. The number of hydrogen-bond donors (Lipinski definition) is 1. The summed E-state index contributed by atoms with van der Waals surface area (Å²) in [5.41, 5.74) is 0. The van der Waals surface area contributed by atoms with E-state index in [9.17, 15) is 4.79 Å². The summed E-state index contributed by atoms with van der Waals surface area (Å²) in [7, 11) is 3.15. The lowest BCUT2D eigenvalue weighted by atomic mass is 10.3. The molecule has 18 heavy (non-hydrogen) atoms. The van der Waals surface area contributed by atoms with E-state index in [0.29, 0.717) is 18.1 Å². The fourth-order valence-corrected chi connectivity index (χ4v) is 1.49. The Morgan fingerprint density at radius 1 is 1.28 bits per heavy atom. The Hall–Kier alpha value is -1.75. The van der Waals surface area contributed by atoms with Gasteiger partial charge in [-0.3, -0.25) is 4.79 Å². The first kappa shape index (κ1) is 14.3. The van der Waals surface area contributed by atoms with Crippen molar-refractivity contribution in [3.63, 3.8) is 0 Å². The van der Waals surface area contributed by atoms with E-state index in [2.05, 4.69) is 5.32 Å². The van der Waals surface area contributed by atoms with Crippen molar-refractivity contribution in [2.45, 2.75) is 13.0 Å². The van der Waals surface area contributed by atoms with E-state index < -0.39 is 0 Å². The molecule has 0 fully saturated rings. The first-order chi connectivity index (χ1) is 8.67. The van der Waals surface area contributed by atoms with E-state index in [1.165, 1.54) is 0 Å². The number of amides is 1. The number of carbonyl (C=O) groups excluding carboxylic acids is 1. The average Bonchev–Trinajstić information content (AvgIpc) is 2.37. The fraction of sp³-hybridized carbons (Fsp3) is 0.462. The lowest BCUT2D eigenvalue weighted by Gasteiger charge is -2.14. The third kappa shape index (κ3) is 4.63. The number of para-hydroxylation sites is 2. The van der Waals surface area contributed by atoms with Gasteiger partial charge in [-0.2, -0.15) is 0 Å². The second-order valence-electron chi connectivity index (χ2n) is 3.86. The van der Waals surface area contributed by atoms with Crippen LogP contribution in [-0.4, -0.2) is 39.4 Å². The second kappa shape index (κ2) is 7.55. The van der Waals surface area contributed by atoms with Gasteiger partial charge in [-0.15, -0.1) is 0 Å². The quantitative estimate of drug-likeness (QED) is 0.794. The second-order valence-corrected chi connectivity index (χ2v) is 3.86. The number of hydrogen-bond acceptors (Lipinski definition) is 4. The van der Waals surface area contributed by atoms with Gasteiger partial charge in [-0.05, 0) is 19.1 Å². The van der Waals surface area contributed by atoms with Crippen molar-refractivity contribution in [3.8, 4) is 11.5 Å². The number of benzene rings is 1. The van der Waals surface area contributed by atoms with Crippen LogP contribution in [0.15, 0.2) is 24.3 Å². The van der Waals surface area contributed by atoms with Crippen LogP contribution < -0.4 is 14.8 Å². The highest BCUT2D eigenvalue weighted by Gasteiger charge is 2.09. The smallest absolute Gasteiger partial charge is 0.258 e. The van der Waals surface area contributed by atoms with Gasteiger partial charge in [0.05, 0.1) is 13.7 Å². The molecule has 1 aromatic rings. The molecule has 0 aliphatic heterocycles. The molecule has 1 atom stereocenters. The highest BCUT2D eigenvalue weighted by molar-refractivity contribution is 5.77. The monoisotopic (exact) mass is 253 g/mol. The van der Waals surface area contributed by atoms with Crippen LogP contribution in [0.5, 0.6) is 11.5 Å². The van der Waals surface area contributed by atoms with Gasteiger partial charge in [0, 0.05) is 13.2 Å². The molecule has 0 saturated heterocycles. The van der Waals surface area contributed by atoms with Gasteiger partial charge in [-0.25, -0.2) is 0 Å². The average molecular weight is 253 g/mol.